The van der Waals surface area contributed by atoms with E-state index in [0.29, 0.717) is 16.7 Å². The number of rotatable bonds is 5. The summed E-state index contributed by atoms with van der Waals surface area (Å²) in [5.74, 6) is -0.566. The summed E-state index contributed by atoms with van der Waals surface area (Å²) in [6, 6.07) is 3.49. The van der Waals surface area contributed by atoms with Crippen LogP contribution in [0.5, 0.6) is 0 Å². The molecule has 21 heavy (non-hydrogen) atoms. The molecule has 0 bridgehead atoms. The van der Waals surface area contributed by atoms with Gasteiger partial charge in [-0.3, -0.25) is 10.1 Å². The molecule has 1 atom stereocenters. The number of carbonyl (C=O) groups is 1. The van der Waals surface area contributed by atoms with Crippen molar-refractivity contribution in [1.82, 2.24) is 9.97 Å². The zero-order valence-electron chi connectivity index (χ0n) is 10.9. The number of benzene rings is 1. The standard InChI is InChI=1S/C13H12N4O4/c18-13(19)11(7-1-2-7)16-12-9-5-8(17(20)21)3-4-10(9)14-6-15-12/h3-7,11H,1-2H2,(H,18,19)(H,14,15,16). The molecule has 1 unspecified atom stereocenters. The molecule has 1 aliphatic carbocycles. The molecule has 0 radical (unpaired) electrons. The van der Waals surface area contributed by atoms with Crippen molar-refractivity contribution < 1.29 is 14.8 Å². The Morgan fingerprint density at radius 1 is 1.43 bits per heavy atom. The molecule has 2 N–H and O–H groups in total. The van der Waals surface area contributed by atoms with Crippen molar-refractivity contribution in [3.8, 4) is 0 Å². The summed E-state index contributed by atoms with van der Waals surface area (Å²) in [6.07, 6.45) is 3.02. The lowest BCUT2D eigenvalue weighted by atomic mass is 10.1. The van der Waals surface area contributed by atoms with Crippen LogP contribution in [0.2, 0.25) is 0 Å². The molecule has 0 amide bonds. The maximum absolute atomic E-state index is 11.3. The van der Waals surface area contributed by atoms with Crippen LogP contribution in [-0.2, 0) is 4.79 Å². The highest BCUT2D eigenvalue weighted by atomic mass is 16.6. The van der Waals surface area contributed by atoms with Gasteiger partial charge in [0.25, 0.3) is 5.69 Å². The minimum atomic E-state index is -0.949. The maximum Gasteiger partial charge on any atom is 0.326 e. The Hall–Kier alpha value is -2.77. The average molecular weight is 288 g/mol. The molecule has 1 aliphatic rings. The van der Waals surface area contributed by atoms with E-state index in [4.69, 9.17) is 0 Å². The monoisotopic (exact) mass is 288 g/mol. The van der Waals surface area contributed by atoms with Crippen molar-refractivity contribution in [1.29, 1.82) is 0 Å². The van der Waals surface area contributed by atoms with Crippen LogP contribution in [0, 0.1) is 16.0 Å². The summed E-state index contributed by atoms with van der Waals surface area (Å²) in [4.78, 5) is 29.7. The molecular weight excluding hydrogens is 276 g/mol. The number of nitro benzene ring substituents is 1. The van der Waals surface area contributed by atoms with Gasteiger partial charge < -0.3 is 10.4 Å². The molecule has 8 heteroatoms. The second kappa shape index (κ2) is 4.97. The fourth-order valence-electron chi connectivity index (χ4n) is 2.23. The molecule has 1 heterocycles. The third-order valence-corrected chi connectivity index (χ3v) is 3.48. The predicted molar refractivity (Wildman–Crippen MR) is 74.0 cm³/mol. The number of fused-ring (bicyclic) bond motifs is 1. The van der Waals surface area contributed by atoms with E-state index in [1.165, 1.54) is 24.5 Å². The van der Waals surface area contributed by atoms with Gasteiger partial charge in [-0.2, -0.15) is 0 Å². The van der Waals surface area contributed by atoms with Crippen molar-refractivity contribution in [3.63, 3.8) is 0 Å². The molecule has 8 nitrogen and oxygen atoms in total. The Balaban J connectivity index is 2.02. The Kier molecular flexibility index (Phi) is 3.13. The lowest BCUT2D eigenvalue weighted by molar-refractivity contribution is -0.384. The number of nitro groups is 1. The summed E-state index contributed by atoms with van der Waals surface area (Å²) < 4.78 is 0. The number of hydrogen-bond acceptors (Lipinski definition) is 6. The highest BCUT2D eigenvalue weighted by Crippen LogP contribution is 2.35. The molecule has 108 valence electrons. The predicted octanol–water partition coefficient (Wildman–Crippen LogP) is 1.81. The number of nitrogens with one attached hydrogen (secondary N) is 1. The van der Waals surface area contributed by atoms with E-state index in [2.05, 4.69) is 15.3 Å². The van der Waals surface area contributed by atoms with Crippen LogP contribution in [0.15, 0.2) is 24.5 Å². The molecule has 0 spiro atoms. The zero-order valence-corrected chi connectivity index (χ0v) is 10.9. The highest BCUT2D eigenvalue weighted by molar-refractivity contribution is 5.92. The number of aromatic nitrogens is 2. The molecule has 1 fully saturated rings. The van der Waals surface area contributed by atoms with Crippen LogP contribution in [0.4, 0.5) is 11.5 Å². The normalized spacial score (nSPS) is 15.6. The lowest BCUT2D eigenvalue weighted by Gasteiger charge is -2.15. The Morgan fingerprint density at radius 2 is 2.19 bits per heavy atom. The van der Waals surface area contributed by atoms with E-state index in [-0.39, 0.29) is 11.6 Å². The quantitative estimate of drug-likeness (QED) is 0.636. The Morgan fingerprint density at radius 3 is 2.81 bits per heavy atom. The van der Waals surface area contributed by atoms with Gasteiger partial charge in [0.15, 0.2) is 0 Å². The SMILES string of the molecule is O=C(O)C(Nc1ncnc2ccc([N+](=O)[O-])cc12)C1CC1. The molecule has 0 aliphatic heterocycles. The van der Waals surface area contributed by atoms with Crippen LogP contribution < -0.4 is 5.32 Å². The number of anilines is 1. The Bertz CT molecular complexity index is 729. The van der Waals surface area contributed by atoms with Crippen molar-refractivity contribution in [2.75, 3.05) is 5.32 Å². The number of non-ortho nitro benzene ring substituents is 1. The van der Waals surface area contributed by atoms with Crippen LogP contribution in [-0.4, -0.2) is 32.0 Å². The van der Waals surface area contributed by atoms with Crippen LogP contribution in [0.1, 0.15) is 12.8 Å². The van der Waals surface area contributed by atoms with Gasteiger partial charge in [-0.05, 0) is 24.8 Å². The fourth-order valence-corrected chi connectivity index (χ4v) is 2.23. The molecule has 1 saturated carbocycles. The largest absolute Gasteiger partial charge is 0.480 e. The van der Waals surface area contributed by atoms with E-state index in [0.717, 1.165) is 12.8 Å². The smallest absolute Gasteiger partial charge is 0.326 e. The van der Waals surface area contributed by atoms with E-state index in [9.17, 15) is 20.0 Å². The van der Waals surface area contributed by atoms with Crippen molar-refractivity contribution >= 4 is 28.4 Å². The molecule has 1 aromatic carbocycles. The molecule has 2 aromatic rings. The van der Waals surface area contributed by atoms with E-state index < -0.39 is 16.9 Å². The third kappa shape index (κ3) is 2.60. The molecular formula is C13H12N4O4. The van der Waals surface area contributed by atoms with Crippen LogP contribution in [0.25, 0.3) is 10.9 Å². The first kappa shape index (κ1) is 13.2. The summed E-state index contributed by atoms with van der Waals surface area (Å²) >= 11 is 0. The first-order chi connectivity index (χ1) is 10.1. The molecule has 3 rings (SSSR count). The van der Waals surface area contributed by atoms with E-state index in [1.54, 1.807) is 0 Å². The average Bonchev–Trinajstić information content (AvgIpc) is 3.28. The van der Waals surface area contributed by atoms with Gasteiger partial charge in [0.05, 0.1) is 10.4 Å². The minimum Gasteiger partial charge on any atom is -0.480 e. The zero-order chi connectivity index (χ0) is 15.0. The van der Waals surface area contributed by atoms with Crippen molar-refractivity contribution in [2.24, 2.45) is 5.92 Å². The van der Waals surface area contributed by atoms with Gasteiger partial charge >= 0.3 is 5.97 Å². The van der Waals surface area contributed by atoms with Crippen LogP contribution in [0.3, 0.4) is 0 Å². The number of aliphatic carboxylic acids is 1. The van der Waals surface area contributed by atoms with Gasteiger partial charge in [0.2, 0.25) is 0 Å². The summed E-state index contributed by atoms with van der Waals surface area (Å²) in [5.41, 5.74) is 0.441. The maximum atomic E-state index is 11.3. The Labute approximate surface area is 119 Å². The minimum absolute atomic E-state index is 0.0752. The molecule has 1 aromatic heterocycles. The van der Waals surface area contributed by atoms with Crippen molar-refractivity contribution in [2.45, 2.75) is 18.9 Å². The fraction of sp³-hybridized carbons (Fsp3) is 0.308. The summed E-state index contributed by atoms with van der Waals surface area (Å²) in [5, 5.41) is 23.4. The first-order valence-corrected chi connectivity index (χ1v) is 6.45. The first-order valence-electron chi connectivity index (χ1n) is 6.45. The topological polar surface area (TPSA) is 118 Å². The third-order valence-electron chi connectivity index (χ3n) is 3.48. The second-order valence-corrected chi connectivity index (χ2v) is 4.98. The summed E-state index contributed by atoms with van der Waals surface area (Å²) in [7, 11) is 0. The van der Waals surface area contributed by atoms with Gasteiger partial charge in [0, 0.05) is 17.5 Å². The van der Waals surface area contributed by atoms with Crippen molar-refractivity contribution in [3.05, 3.63) is 34.6 Å². The van der Waals surface area contributed by atoms with Gasteiger partial charge in [-0.25, -0.2) is 14.8 Å². The number of carboxylic acid groups (broad SMARTS) is 1. The van der Waals surface area contributed by atoms with Crippen LogP contribution >= 0.6 is 0 Å². The van der Waals surface area contributed by atoms with E-state index >= 15 is 0 Å². The lowest BCUT2D eigenvalue weighted by Crippen LogP contribution is -2.31. The number of carboxylic acids is 1. The van der Waals surface area contributed by atoms with Gasteiger partial charge in [-0.15, -0.1) is 0 Å². The molecule has 0 saturated heterocycles. The number of nitrogens with zero attached hydrogens (tertiary/aromatic N) is 3. The number of hydrogen-bond donors (Lipinski definition) is 2. The van der Waals surface area contributed by atoms with E-state index in [1.807, 2.05) is 0 Å². The summed E-state index contributed by atoms with van der Waals surface area (Å²) in [6.45, 7) is 0. The second-order valence-electron chi connectivity index (χ2n) is 4.98. The van der Waals surface area contributed by atoms with Gasteiger partial charge in [-0.1, -0.05) is 0 Å². The van der Waals surface area contributed by atoms with Gasteiger partial charge in [0.1, 0.15) is 18.2 Å². The highest BCUT2D eigenvalue weighted by Gasteiger charge is 2.36.